The summed E-state index contributed by atoms with van der Waals surface area (Å²) >= 11 is 5.88. The molecule has 2 rings (SSSR count). The Labute approximate surface area is 120 Å². The number of nitrogens with zero attached hydrogens (tertiary/aromatic N) is 1. The van der Waals surface area contributed by atoms with E-state index in [1.165, 1.54) is 4.90 Å². The minimum Gasteiger partial charge on any atom is -0.310 e. The van der Waals surface area contributed by atoms with Gasteiger partial charge in [0.15, 0.2) is 11.6 Å². The van der Waals surface area contributed by atoms with Gasteiger partial charge in [0.2, 0.25) is 5.91 Å². The molecule has 1 atom stereocenters. The first-order valence-electron chi connectivity index (χ1n) is 6.44. The van der Waals surface area contributed by atoms with E-state index in [4.69, 9.17) is 11.6 Å². The molecule has 0 spiro atoms. The summed E-state index contributed by atoms with van der Waals surface area (Å²) in [6.07, 6.45) is 1.39. The first-order valence-corrected chi connectivity index (χ1v) is 6.82. The lowest BCUT2D eigenvalue weighted by Crippen LogP contribution is -2.44. The highest BCUT2D eigenvalue weighted by Crippen LogP contribution is 2.32. The number of hydrogen-bond acceptors (Lipinski definition) is 2. The van der Waals surface area contributed by atoms with Crippen molar-refractivity contribution in [2.24, 2.45) is 5.92 Å². The summed E-state index contributed by atoms with van der Waals surface area (Å²) in [7, 11) is 0. The van der Waals surface area contributed by atoms with Crippen LogP contribution in [-0.2, 0) is 9.59 Å². The number of anilines is 1. The number of piperidine rings is 1. The third-order valence-corrected chi connectivity index (χ3v) is 3.76. The fourth-order valence-electron chi connectivity index (χ4n) is 2.38. The van der Waals surface area contributed by atoms with Crippen molar-refractivity contribution in [2.75, 3.05) is 11.4 Å². The van der Waals surface area contributed by atoms with Crippen LogP contribution in [0.4, 0.5) is 14.5 Å². The minimum absolute atomic E-state index is 0.0400. The van der Waals surface area contributed by atoms with Crippen molar-refractivity contribution in [3.05, 3.63) is 28.8 Å². The Kier molecular flexibility index (Phi) is 4.38. The van der Waals surface area contributed by atoms with E-state index in [2.05, 4.69) is 0 Å². The summed E-state index contributed by atoms with van der Waals surface area (Å²) in [6.45, 7) is 2.04. The zero-order valence-corrected chi connectivity index (χ0v) is 11.7. The molecule has 3 nitrogen and oxygen atoms in total. The predicted octanol–water partition coefficient (Wildman–Crippen LogP) is 3.34. The van der Waals surface area contributed by atoms with E-state index in [1.807, 2.05) is 0 Å². The maximum Gasteiger partial charge on any atom is 0.237 e. The molecule has 0 aliphatic carbocycles. The van der Waals surface area contributed by atoms with Gasteiger partial charge in [-0.2, -0.15) is 0 Å². The molecular weight excluding hydrogens is 288 g/mol. The van der Waals surface area contributed by atoms with Crippen molar-refractivity contribution >= 4 is 29.0 Å². The number of halogens is 3. The second kappa shape index (κ2) is 5.87. The molecule has 20 heavy (non-hydrogen) atoms. The molecule has 0 bridgehead atoms. The summed E-state index contributed by atoms with van der Waals surface area (Å²) in [5.74, 6) is -3.38. The van der Waals surface area contributed by atoms with Gasteiger partial charge in [-0.05, 0) is 18.9 Å². The first kappa shape index (κ1) is 14.9. The second-order valence-electron chi connectivity index (χ2n) is 4.72. The first-order chi connectivity index (χ1) is 9.45. The van der Waals surface area contributed by atoms with Crippen LogP contribution in [0, 0.1) is 17.6 Å². The molecule has 0 saturated carbocycles. The standard InChI is InChI=1S/C14H14ClF2NO2/c1-2-13(19)8-4-3-5-18(14(8)20)12-7-11(17)10(16)6-9(12)15/h6-8H,2-5H2,1H3. The van der Waals surface area contributed by atoms with Gasteiger partial charge in [-0.3, -0.25) is 9.59 Å². The van der Waals surface area contributed by atoms with E-state index in [-0.39, 0.29) is 22.9 Å². The van der Waals surface area contributed by atoms with Crippen LogP contribution in [-0.4, -0.2) is 18.2 Å². The van der Waals surface area contributed by atoms with Gasteiger partial charge in [0.25, 0.3) is 0 Å². The van der Waals surface area contributed by atoms with Crippen LogP contribution in [0.15, 0.2) is 12.1 Å². The van der Waals surface area contributed by atoms with Gasteiger partial charge in [-0.15, -0.1) is 0 Å². The molecule has 1 aliphatic heterocycles. The molecule has 1 amide bonds. The van der Waals surface area contributed by atoms with E-state index in [0.29, 0.717) is 19.4 Å². The molecule has 1 aliphatic rings. The molecule has 108 valence electrons. The average Bonchev–Trinajstić information content (AvgIpc) is 2.42. The monoisotopic (exact) mass is 301 g/mol. The number of amides is 1. The number of rotatable bonds is 3. The lowest BCUT2D eigenvalue weighted by Gasteiger charge is -2.32. The van der Waals surface area contributed by atoms with E-state index >= 15 is 0 Å². The second-order valence-corrected chi connectivity index (χ2v) is 5.13. The molecule has 0 N–H and O–H groups in total. The summed E-state index contributed by atoms with van der Waals surface area (Å²) in [5, 5.41) is -0.0400. The number of hydrogen-bond donors (Lipinski definition) is 0. The van der Waals surface area contributed by atoms with Gasteiger partial charge in [-0.25, -0.2) is 8.78 Å². The number of Topliss-reactive ketones (excluding diaryl/α,β-unsaturated/α-hetero) is 1. The van der Waals surface area contributed by atoms with Gasteiger partial charge in [-0.1, -0.05) is 18.5 Å². The number of ketones is 1. The van der Waals surface area contributed by atoms with E-state index in [0.717, 1.165) is 12.1 Å². The Morgan fingerprint density at radius 1 is 1.40 bits per heavy atom. The lowest BCUT2D eigenvalue weighted by molar-refractivity contribution is -0.133. The van der Waals surface area contributed by atoms with Crippen molar-refractivity contribution in [2.45, 2.75) is 26.2 Å². The van der Waals surface area contributed by atoms with Crippen LogP contribution in [0.25, 0.3) is 0 Å². The summed E-state index contributed by atoms with van der Waals surface area (Å²) in [6, 6.07) is 1.74. The van der Waals surface area contributed by atoms with Crippen molar-refractivity contribution < 1.29 is 18.4 Å². The summed E-state index contributed by atoms with van der Waals surface area (Å²) in [4.78, 5) is 25.3. The summed E-state index contributed by atoms with van der Waals surface area (Å²) < 4.78 is 26.4. The van der Waals surface area contributed by atoms with Crippen LogP contribution < -0.4 is 4.90 Å². The molecule has 0 radical (unpaired) electrons. The number of benzene rings is 1. The Morgan fingerprint density at radius 2 is 2.05 bits per heavy atom. The summed E-state index contributed by atoms with van der Waals surface area (Å²) in [5.41, 5.74) is 0.115. The third-order valence-electron chi connectivity index (χ3n) is 3.46. The fourth-order valence-corrected chi connectivity index (χ4v) is 2.63. The molecular formula is C14H14ClF2NO2. The quantitative estimate of drug-likeness (QED) is 0.634. The van der Waals surface area contributed by atoms with E-state index < -0.39 is 23.5 Å². The zero-order valence-electron chi connectivity index (χ0n) is 11.0. The molecule has 1 aromatic carbocycles. The molecule has 1 aromatic rings. The highest BCUT2D eigenvalue weighted by atomic mass is 35.5. The molecule has 1 saturated heterocycles. The SMILES string of the molecule is CCC(=O)C1CCCN(c2cc(F)c(F)cc2Cl)C1=O. The molecule has 1 fully saturated rings. The van der Waals surface area contributed by atoms with Gasteiger partial charge in [0, 0.05) is 19.0 Å². The van der Waals surface area contributed by atoms with Crippen LogP contribution in [0.3, 0.4) is 0 Å². The molecule has 1 unspecified atom stereocenters. The lowest BCUT2D eigenvalue weighted by atomic mass is 9.91. The van der Waals surface area contributed by atoms with Gasteiger partial charge >= 0.3 is 0 Å². The molecule has 6 heteroatoms. The average molecular weight is 302 g/mol. The number of carbonyl (C=O) groups is 2. The fraction of sp³-hybridized carbons (Fsp3) is 0.429. The van der Waals surface area contributed by atoms with Crippen molar-refractivity contribution in [3.63, 3.8) is 0 Å². The van der Waals surface area contributed by atoms with Crippen LogP contribution >= 0.6 is 11.6 Å². The van der Waals surface area contributed by atoms with Gasteiger partial charge in [0.1, 0.15) is 5.78 Å². The minimum atomic E-state index is -1.07. The number of carbonyl (C=O) groups excluding carboxylic acids is 2. The maximum absolute atomic E-state index is 13.3. The Morgan fingerprint density at radius 3 is 2.70 bits per heavy atom. The van der Waals surface area contributed by atoms with Gasteiger partial charge < -0.3 is 4.90 Å². The van der Waals surface area contributed by atoms with Gasteiger partial charge in [0.05, 0.1) is 16.6 Å². The zero-order chi connectivity index (χ0) is 14.9. The van der Waals surface area contributed by atoms with E-state index in [9.17, 15) is 18.4 Å². The molecule has 0 aromatic heterocycles. The van der Waals surface area contributed by atoms with Crippen molar-refractivity contribution in [1.82, 2.24) is 0 Å². The Balaban J connectivity index is 2.35. The highest BCUT2D eigenvalue weighted by Gasteiger charge is 2.34. The Bertz CT molecular complexity index is 562. The van der Waals surface area contributed by atoms with Crippen LogP contribution in [0.2, 0.25) is 5.02 Å². The maximum atomic E-state index is 13.3. The van der Waals surface area contributed by atoms with Crippen molar-refractivity contribution in [1.29, 1.82) is 0 Å². The normalized spacial score (nSPS) is 19.3. The largest absolute Gasteiger partial charge is 0.310 e. The molecule has 1 heterocycles. The predicted molar refractivity (Wildman–Crippen MR) is 71.7 cm³/mol. The topological polar surface area (TPSA) is 37.4 Å². The Hall–Kier alpha value is -1.49. The van der Waals surface area contributed by atoms with Crippen LogP contribution in [0.1, 0.15) is 26.2 Å². The van der Waals surface area contributed by atoms with Crippen LogP contribution in [0.5, 0.6) is 0 Å². The smallest absolute Gasteiger partial charge is 0.237 e. The van der Waals surface area contributed by atoms with E-state index in [1.54, 1.807) is 6.92 Å². The highest BCUT2D eigenvalue weighted by molar-refractivity contribution is 6.34. The third kappa shape index (κ3) is 2.68. The van der Waals surface area contributed by atoms with Crippen molar-refractivity contribution in [3.8, 4) is 0 Å².